The van der Waals surface area contributed by atoms with Crippen molar-refractivity contribution in [3.8, 4) is 0 Å². The number of fused-ring (bicyclic) bond motifs is 5. The third-order valence-corrected chi connectivity index (χ3v) is 14.8. The lowest BCUT2D eigenvalue weighted by molar-refractivity contribution is -0.285. The van der Waals surface area contributed by atoms with Crippen molar-refractivity contribution in [2.75, 3.05) is 26.9 Å². The number of ether oxygens (including phenoxy) is 5. The highest BCUT2D eigenvalue weighted by Gasteiger charge is 2.72. The Balaban J connectivity index is 1.14. The zero-order valence-corrected chi connectivity index (χ0v) is 32.1. The molecule has 2 aliphatic heterocycles. The van der Waals surface area contributed by atoms with E-state index in [0.717, 1.165) is 18.4 Å². The molecule has 6 rings (SSSR count). The number of hydrogen-bond donors (Lipinski definition) is 9. The van der Waals surface area contributed by atoms with E-state index >= 15 is 0 Å². The van der Waals surface area contributed by atoms with Crippen molar-refractivity contribution < 1.29 is 69.6 Å². The van der Waals surface area contributed by atoms with Crippen LogP contribution < -0.4 is 0 Å². The van der Waals surface area contributed by atoms with Crippen molar-refractivity contribution in [2.45, 2.75) is 159 Å². The summed E-state index contributed by atoms with van der Waals surface area (Å²) in [6, 6.07) is 0. The van der Waals surface area contributed by atoms with E-state index in [1.54, 1.807) is 0 Å². The summed E-state index contributed by atoms with van der Waals surface area (Å²) in [5.41, 5.74) is -1.82. The summed E-state index contributed by atoms with van der Waals surface area (Å²) in [6.07, 6.45) is -6.21. The molecule has 6 aliphatic rings. The van der Waals surface area contributed by atoms with Crippen molar-refractivity contribution in [1.82, 2.24) is 0 Å². The van der Waals surface area contributed by atoms with Gasteiger partial charge in [0.2, 0.25) is 0 Å². The van der Waals surface area contributed by atoms with Crippen LogP contribution in [0, 0.1) is 46.3 Å². The standard InChI is InChI=1S/C39H66O14/c1-18(2)20(16-50-35-32(47)29(44)25(15-40)53-35)8-7-19(3)27-30(45)31(46)34-38(27,5)12-10-26-37(4)11-9-21(13-22(37)23(41)14-39(26,34)48)52-36-33(49-6)28(43)24(42)17-51-36/h13,18-21,23-36,40-48H,7-12,14-17H2,1-6H3/t19?,20?,21-,23+,24+,25?,26?,27?,28?,29?,30+,31?,32?,33?,34?,35?,36-,37-,38+,39-/m0/s1. The molecule has 12 unspecified atom stereocenters. The highest BCUT2D eigenvalue weighted by Crippen LogP contribution is 2.69. The first kappa shape index (κ1) is 41.8. The van der Waals surface area contributed by atoms with E-state index in [1.807, 2.05) is 6.08 Å². The molecule has 0 aromatic carbocycles. The van der Waals surface area contributed by atoms with E-state index in [2.05, 4.69) is 34.6 Å². The van der Waals surface area contributed by atoms with Crippen LogP contribution in [0.4, 0.5) is 0 Å². The molecular weight excluding hydrogens is 692 g/mol. The lowest BCUT2D eigenvalue weighted by atomic mass is 9.43. The second kappa shape index (κ2) is 15.8. The van der Waals surface area contributed by atoms with Crippen molar-refractivity contribution in [3.63, 3.8) is 0 Å². The molecule has 3 saturated carbocycles. The van der Waals surface area contributed by atoms with E-state index in [4.69, 9.17) is 23.7 Å². The zero-order valence-electron chi connectivity index (χ0n) is 32.1. The topological polar surface area (TPSA) is 228 Å². The van der Waals surface area contributed by atoms with Gasteiger partial charge in [-0.3, -0.25) is 0 Å². The second-order valence-electron chi connectivity index (χ2n) is 18.1. The average Bonchev–Trinajstić information content (AvgIpc) is 3.49. The van der Waals surface area contributed by atoms with Crippen LogP contribution in [0.2, 0.25) is 0 Å². The summed E-state index contributed by atoms with van der Waals surface area (Å²) in [7, 11) is 1.42. The van der Waals surface area contributed by atoms with Crippen molar-refractivity contribution in [2.24, 2.45) is 46.3 Å². The molecule has 14 nitrogen and oxygen atoms in total. The predicted molar refractivity (Wildman–Crippen MR) is 189 cm³/mol. The highest BCUT2D eigenvalue weighted by atomic mass is 16.7. The van der Waals surface area contributed by atoms with Crippen molar-refractivity contribution >= 4 is 0 Å². The quantitative estimate of drug-likeness (QED) is 0.121. The first-order chi connectivity index (χ1) is 24.9. The average molecular weight is 759 g/mol. The van der Waals surface area contributed by atoms with Gasteiger partial charge in [-0.1, -0.05) is 40.7 Å². The fourth-order valence-corrected chi connectivity index (χ4v) is 11.9. The third kappa shape index (κ3) is 7.19. The molecule has 14 heteroatoms. The summed E-state index contributed by atoms with van der Waals surface area (Å²) in [6.45, 7) is 10.2. The Bertz CT molecular complexity index is 1280. The molecule has 0 bridgehead atoms. The van der Waals surface area contributed by atoms with Gasteiger partial charge in [0.15, 0.2) is 12.6 Å². The molecular formula is C39H66O14. The van der Waals surface area contributed by atoms with Gasteiger partial charge in [-0.05, 0) is 84.5 Å². The Hall–Kier alpha value is -0.820. The van der Waals surface area contributed by atoms with Crippen LogP contribution in [0.3, 0.4) is 0 Å². The van der Waals surface area contributed by atoms with Gasteiger partial charge in [0, 0.05) is 19.4 Å². The molecule has 0 aromatic heterocycles. The lowest BCUT2D eigenvalue weighted by Crippen LogP contribution is -2.66. The Kier molecular flexibility index (Phi) is 12.5. The molecule has 306 valence electrons. The number of methoxy groups -OCH3 is 1. The Morgan fingerprint density at radius 2 is 1.60 bits per heavy atom. The summed E-state index contributed by atoms with van der Waals surface area (Å²) in [5.74, 6) is -0.944. The van der Waals surface area contributed by atoms with Crippen LogP contribution in [-0.2, 0) is 23.7 Å². The van der Waals surface area contributed by atoms with Crippen LogP contribution in [0.15, 0.2) is 11.6 Å². The molecule has 2 heterocycles. The van der Waals surface area contributed by atoms with E-state index in [0.29, 0.717) is 25.7 Å². The van der Waals surface area contributed by atoms with Crippen LogP contribution in [0.25, 0.3) is 0 Å². The monoisotopic (exact) mass is 758 g/mol. The fourth-order valence-electron chi connectivity index (χ4n) is 11.9. The summed E-state index contributed by atoms with van der Waals surface area (Å²) in [5, 5.41) is 98.5. The zero-order chi connectivity index (χ0) is 38.8. The Morgan fingerprint density at radius 3 is 2.25 bits per heavy atom. The molecule has 9 N–H and O–H groups in total. The first-order valence-corrected chi connectivity index (χ1v) is 19.8. The van der Waals surface area contributed by atoms with Gasteiger partial charge < -0.3 is 69.6 Å². The number of rotatable bonds is 12. The number of aliphatic hydroxyl groups is 9. The first-order valence-electron chi connectivity index (χ1n) is 19.8. The van der Waals surface area contributed by atoms with Crippen molar-refractivity contribution in [3.05, 3.63) is 11.6 Å². The minimum Gasteiger partial charge on any atom is -0.394 e. The van der Waals surface area contributed by atoms with Gasteiger partial charge in [0.25, 0.3) is 0 Å². The lowest BCUT2D eigenvalue weighted by Gasteiger charge is -2.64. The minimum atomic E-state index is -1.43. The Morgan fingerprint density at radius 1 is 0.887 bits per heavy atom. The van der Waals surface area contributed by atoms with Gasteiger partial charge >= 0.3 is 0 Å². The van der Waals surface area contributed by atoms with E-state index in [9.17, 15) is 46.0 Å². The maximum absolute atomic E-state index is 12.8. The van der Waals surface area contributed by atoms with Crippen LogP contribution in [0.1, 0.15) is 79.6 Å². The smallest absolute Gasteiger partial charge is 0.187 e. The van der Waals surface area contributed by atoms with Gasteiger partial charge in [-0.15, -0.1) is 0 Å². The molecule has 0 radical (unpaired) electrons. The molecule has 5 fully saturated rings. The van der Waals surface area contributed by atoms with Crippen molar-refractivity contribution in [1.29, 1.82) is 0 Å². The van der Waals surface area contributed by atoms with E-state index < -0.39 is 103 Å². The SMILES string of the molecule is COC1C(O)[C@H](O)CO[C@H]1O[C@@H]1C=C2[C@H](O)C[C@@]3(O)C4C(O)[C@H](O)C(C(C)CCC(COC5OC(CO)C(O)C5O)C(C)C)[C@@]4(C)CCC3[C@@]2(C)CC1. The van der Waals surface area contributed by atoms with Gasteiger partial charge in [-0.2, -0.15) is 0 Å². The van der Waals surface area contributed by atoms with Gasteiger partial charge in [-0.25, -0.2) is 0 Å². The Labute approximate surface area is 313 Å². The van der Waals surface area contributed by atoms with Gasteiger partial charge in [0.1, 0.15) is 36.6 Å². The molecule has 0 aromatic rings. The molecule has 2 saturated heterocycles. The third-order valence-electron chi connectivity index (χ3n) is 14.8. The highest BCUT2D eigenvalue weighted by molar-refractivity contribution is 5.33. The maximum atomic E-state index is 12.8. The maximum Gasteiger partial charge on any atom is 0.187 e. The van der Waals surface area contributed by atoms with E-state index in [-0.39, 0.29) is 49.2 Å². The van der Waals surface area contributed by atoms with Crippen LogP contribution in [0.5, 0.6) is 0 Å². The number of hydrogen-bond acceptors (Lipinski definition) is 14. The largest absolute Gasteiger partial charge is 0.394 e. The second-order valence-corrected chi connectivity index (χ2v) is 18.1. The molecule has 20 atom stereocenters. The fraction of sp³-hybridized carbons (Fsp3) is 0.949. The molecule has 0 spiro atoms. The van der Waals surface area contributed by atoms with Crippen LogP contribution in [-0.4, -0.2) is 152 Å². The molecule has 53 heavy (non-hydrogen) atoms. The molecule has 4 aliphatic carbocycles. The normalized spacial score (nSPS) is 51.0. The minimum absolute atomic E-state index is 0.0188. The number of aliphatic hydroxyl groups excluding tert-OH is 8. The predicted octanol–water partition coefficient (Wildman–Crippen LogP) is 0.215. The van der Waals surface area contributed by atoms with Gasteiger partial charge in [0.05, 0.1) is 49.8 Å². The van der Waals surface area contributed by atoms with Crippen LogP contribution >= 0.6 is 0 Å². The summed E-state index contributed by atoms with van der Waals surface area (Å²) < 4.78 is 28.7. The summed E-state index contributed by atoms with van der Waals surface area (Å²) >= 11 is 0. The molecule has 0 amide bonds. The van der Waals surface area contributed by atoms with E-state index in [1.165, 1.54) is 7.11 Å². The summed E-state index contributed by atoms with van der Waals surface area (Å²) in [4.78, 5) is 0.